The molecule has 5 aromatic heterocycles. The largest absolute Gasteiger partial charge is 0.278 e. The molecule has 7 heteroatoms. The van der Waals surface area contributed by atoms with E-state index in [1.54, 1.807) is 12.1 Å². The normalized spacial score (nSPS) is 13.3. The fraction of sp³-hybridized carbons (Fsp3) is 0.0513. The van der Waals surface area contributed by atoms with Crippen LogP contribution in [-0.2, 0) is 6.42 Å². The van der Waals surface area contributed by atoms with Gasteiger partial charge in [0.2, 0.25) is 11.6 Å². The Kier molecular flexibility index (Phi) is 4.56. The van der Waals surface area contributed by atoms with Crippen LogP contribution >= 0.6 is 0 Å². The Morgan fingerprint density at radius 2 is 1.11 bits per heavy atom. The van der Waals surface area contributed by atoms with E-state index in [1.807, 2.05) is 54.7 Å². The number of rotatable bonds is 4. The van der Waals surface area contributed by atoms with Crippen molar-refractivity contribution in [2.75, 3.05) is 0 Å². The quantitative estimate of drug-likeness (QED) is 0.205. The Bertz CT molecular complexity index is 2910. The van der Waals surface area contributed by atoms with Crippen molar-refractivity contribution >= 4 is 55.7 Å². The molecule has 5 aromatic carbocycles. The van der Waals surface area contributed by atoms with Gasteiger partial charge in [0.15, 0.2) is 0 Å². The van der Waals surface area contributed by atoms with Gasteiger partial charge in [0.05, 0.1) is 55.5 Å². The van der Waals surface area contributed by atoms with Gasteiger partial charge in [0, 0.05) is 22.4 Å². The topological polar surface area (TPSA) is 57.3 Å². The van der Waals surface area contributed by atoms with Crippen molar-refractivity contribution < 1.29 is 4.11 Å². The van der Waals surface area contributed by atoms with Crippen molar-refractivity contribution in [2.45, 2.75) is 13.3 Å². The van der Waals surface area contributed by atoms with Gasteiger partial charge in [-0.1, -0.05) is 60.7 Å². The highest BCUT2D eigenvalue weighted by atomic mass is 15.2. The molecule has 0 radical (unpaired) electrons. The van der Waals surface area contributed by atoms with Crippen LogP contribution < -0.4 is 0 Å². The second-order valence-corrected chi connectivity index (χ2v) is 11.6. The van der Waals surface area contributed by atoms with E-state index in [-0.39, 0.29) is 5.56 Å². The van der Waals surface area contributed by atoms with Crippen LogP contribution in [0.2, 0.25) is 0 Å². The van der Waals surface area contributed by atoms with Gasteiger partial charge in [0.1, 0.15) is 0 Å². The van der Waals surface area contributed by atoms with Crippen molar-refractivity contribution in [2.24, 2.45) is 0 Å². The van der Waals surface area contributed by atoms with Crippen LogP contribution in [0.1, 0.15) is 20.9 Å². The number of fused-ring (bicyclic) bond motifs is 10. The number of para-hydroxylation sites is 6. The van der Waals surface area contributed by atoms with Crippen LogP contribution in [0, 0.1) is 6.85 Å². The van der Waals surface area contributed by atoms with Crippen LogP contribution in [0.25, 0.3) is 67.1 Å². The summed E-state index contributed by atoms with van der Waals surface area (Å²) in [5, 5.41) is 0. The molecule has 0 aliphatic carbocycles. The first kappa shape index (κ1) is 22.3. The summed E-state index contributed by atoms with van der Waals surface area (Å²) in [5.41, 5.74) is 11.5. The Balaban J connectivity index is 1.22. The number of imidazole rings is 4. The molecule has 0 atom stereocenters. The maximum atomic E-state index is 8.18. The smallest absolute Gasteiger partial charge is 0.220 e. The third kappa shape index (κ3) is 3.45. The van der Waals surface area contributed by atoms with Crippen LogP contribution in [0.3, 0.4) is 0 Å². The lowest BCUT2D eigenvalue weighted by Gasteiger charge is -2.10. The maximum Gasteiger partial charge on any atom is 0.220 e. The Morgan fingerprint density at radius 1 is 0.543 bits per heavy atom. The molecule has 46 heavy (non-hydrogen) atoms. The summed E-state index contributed by atoms with van der Waals surface area (Å²) in [5.74, 6) is 1.47. The molecule has 5 heterocycles. The summed E-state index contributed by atoms with van der Waals surface area (Å²) >= 11 is 0. The first-order valence-electron chi connectivity index (χ1n) is 16.8. The number of aromatic nitrogens is 7. The number of nitrogens with zero attached hydrogens (tertiary/aromatic N) is 7. The molecule has 218 valence electrons. The first-order chi connectivity index (χ1) is 24.0. The van der Waals surface area contributed by atoms with Gasteiger partial charge >= 0.3 is 0 Å². The van der Waals surface area contributed by atoms with E-state index in [1.165, 1.54) is 0 Å². The monoisotopic (exact) mass is 596 g/mol. The SMILES string of the molecule is [2H]C([2H])([2H])c1cccc2c1nc1n(-c3cccc(-n4c5ccccc5n5c6cccc(Cc7ccccn7)c6nc45)c3)c3ccccc3n21. The summed E-state index contributed by atoms with van der Waals surface area (Å²) in [4.78, 5) is 14.9. The lowest BCUT2D eigenvalue weighted by molar-refractivity contribution is 1.07. The predicted octanol–water partition coefficient (Wildman–Crippen LogP) is 8.47. The molecule has 0 fully saturated rings. The van der Waals surface area contributed by atoms with Gasteiger partial charge in [-0.2, -0.15) is 0 Å². The van der Waals surface area contributed by atoms with E-state index in [0.29, 0.717) is 17.7 Å². The van der Waals surface area contributed by atoms with E-state index < -0.39 is 6.85 Å². The summed E-state index contributed by atoms with van der Waals surface area (Å²) in [6.45, 7) is -2.29. The zero-order chi connectivity index (χ0) is 32.9. The molecular formula is C39H27N7. The summed E-state index contributed by atoms with van der Waals surface area (Å²) in [7, 11) is 0. The highest BCUT2D eigenvalue weighted by Crippen LogP contribution is 2.34. The van der Waals surface area contributed by atoms with Gasteiger partial charge in [0.25, 0.3) is 0 Å². The zero-order valence-corrected chi connectivity index (χ0v) is 24.5. The number of pyridine rings is 1. The second-order valence-electron chi connectivity index (χ2n) is 11.6. The van der Waals surface area contributed by atoms with E-state index >= 15 is 0 Å². The van der Waals surface area contributed by atoms with Crippen molar-refractivity contribution in [1.82, 2.24) is 32.9 Å². The minimum absolute atomic E-state index is 0.244. The molecule has 0 spiro atoms. The fourth-order valence-electron chi connectivity index (χ4n) is 7.03. The van der Waals surface area contributed by atoms with Crippen LogP contribution in [0.4, 0.5) is 0 Å². The minimum Gasteiger partial charge on any atom is -0.278 e. The number of benzene rings is 5. The molecule has 0 amide bonds. The maximum absolute atomic E-state index is 8.18. The van der Waals surface area contributed by atoms with Gasteiger partial charge in [-0.05, 0) is 84.7 Å². The van der Waals surface area contributed by atoms with E-state index in [2.05, 4.69) is 89.6 Å². The second kappa shape index (κ2) is 9.39. The Hall–Kier alpha value is -6.21. The molecule has 0 unspecified atom stereocenters. The zero-order valence-electron chi connectivity index (χ0n) is 27.5. The van der Waals surface area contributed by atoms with Crippen LogP contribution in [0.5, 0.6) is 0 Å². The fourth-order valence-corrected chi connectivity index (χ4v) is 7.03. The first-order valence-corrected chi connectivity index (χ1v) is 15.3. The third-order valence-electron chi connectivity index (χ3n) is 8.99. The Morgan fingerprint density at radius 3 is 1.76 bits per heavy atom. The summed E-state index contributed by atoms with van der Waals surface area (Å²) < 4.78 is 33.1. The third-order valence-corrected chi connectivity index (χ3v) is 8.99. The molecule has 10 rings (SSSR count). The predicted molar refractivity (Wildman–Crippen MR) is 184 cm³/mol. The standard InChI is InChI=1S/C39H27N7/c1-25-11-8-20-34-36(25)41-38-43(30-16-2-4-18-32(30)45(34)38)28-14-10-15-29(24-28)44-31-17-3-5-19-33(31)46-35-21-9-12-26(37(35)42-39(44)46)23-27-13-6-7-22-40-27/h2-22,24H,23H2,1H3/i1D3. The highest BCUT2D eigenvalue weighted by Gasteiger charge is 2.21. The molecule has 0 aliphatic rings. The average Bonchev–Trinajstić information content (AvgIpc) is 3.85. The lowest BCUT2D eigenvalue weighted by Crippen LogP contribution is -2.00. The number of hydrogen-bond acceptors (Lipinski definition) is 3. The molecular weight excluding hydrogens is 566 g/mol. The van der Waals surface area contributed by atoms with Gasteiger partial charge in [-0.3, -0.25) is 22.9 Å². The lowest BCUT2D eigenvalue weighted by atomic mass is 10.1. The molecule has 0 aliphatic heterocycles. The molecule has 0 saturated carbocycles. The van der Waals surface area contributed by atoms with Crippen LogP contribution in [-0.4, -0.2) is 32.9 Å². The molecule has 0 saturated heterocycles. The van der Waals surface area contributed by atoms with Crippen molar-refractivity contribution in [3.8, 4) is 11.4 Å². The van der Waals surface area contributed by atoms with Gasteiger partial charge < -0.3 is 0 Å². The molecule has 10 aromatic rings. The molecule has 7 nitrogen and oxygen atoms in total. The average molecular weight is 597 g/mol. The van der Waals surface area contributed by atoms with E-state index in [9.17, 15) is 0 Å². The van der Waals surface area contributed by atoms with Crippen molar-refractivity contribution in [1.29, 1.82) is 0 Å². The molecule has 0 N–H and O–H groups in total. The van der Waals surface area contributed by atoms with Crippen LogP contribution in [0.15, 0.2) is 134 Å². The molecule has 0 bridgehead atoms. The van der Waals surface area contributed by atoms with E-state index in [0.717, 1.165) is 67.0 Å². The van der Waals surface area contributed by atoms with E-state index in [4.69, 9.17) is 14.1 Å². The summed E-state index contributed by atoms with van der Waals surface area (Å²) in [6.07, 6.45) is 2.51. The van der Waals surface area contributed by atoms with Crippen molar-refractivity contribution in [3.05, 3.63) is 150 Å². The van der Waals surface area contributed by atoms with Gasteiger partial charge in [-0.25, -0.2) is 9.97 Å². The highest BCUT2D eigenvalue weighted by molar-refractivity contribution is 5.95. The Labute approximate surface area is 267 Å². The minimum atomic E-state index is -2.29. The number of aryl methyl sites for hydroxylation is 1. The number of hydrogen-bond donors (Lipinski definition) is 0. The van der Waals surface area contributed by atoms with Gasteiger partial charge in [-0.15, -0.1) is 0 Å². The summed E-state index contributed by atoms with van der Waals surface area (Å²) in [6, 6.07) is 42.6. The van der Waals surface area contributed by atoms with Crippen molar-refractivity contribution in [3.63, 3.8) is 0 Å².